The van der Waals surface area contributed by atoms with E-state index in [9.17, 15) is 14.0 Å². The Kier molecular flexibility index (Phi) is 4.68. The molecule has 118 valence electrons. The van der Waals surface area contributed by atoms with Crippen LogP contribution in [0, 0.1) is 34.8 Å². The third-order valence-corrected chi connectivity index (χ3v) is 4.35. The second-order valence-electron chi connectivity index (χ2n) is 6.16. The van der Waals surface area contributed by atoms with Gasteiger partial charge in [-0.3, -0.25) is 4.90 Å². The van der Waals surface area contributed by atoms with Crippen LogP contribution in [0.15, 0.2) is 48.5 Å². The molecule has 0 aromatic heterocycles. The van der Waals surface area contributed by atoms with E-state index in [2.05, 4.69) is 23.1 Å². The van der Waals surface area contributed by atoms with Gasteiger partial charge in [0.1, 0.15) is 11.6 Å². The zero-order chi connectivity index (χ0) is 16.2. The van der Waals surface area contributed by atoms with Crippen molar-refractivity contribution in [1.29, 1.82) is 5.26 Å². The van der Waals surface area contributed by atoms with Crippen LogP contribution in [0.3, 0.4) is 0 Å². The van der Waals surface area contributed by atoms with Crippen molar-refractivity contribution in [3.63, 3.8) is 0 Å². The molecule has 4 heteroatoms. The summed E-state index contributed by atoms with van der Waals surface area (Å²) in [5.41, 5.74) is 1.83. The third-order valence-electron chi connectivity index (χ3n) is 4.35. The Hall–Kier alpha value is -2.25. The van der Waals surface area contributed by atoms with Crippen LogP contribution in [-0.4, -0.2) is 18.0 Å². The SMILES string of the molecule is N#CC1CN(Cc2ccccc2)CC1Cc1cc(F)cc(F)c1. The van der Waals surface area contributed by atoms with Crippen LogP contribution in [0.4, 0.5) is 8.78 Å². The maximum atomic E-state index is 13.3. The smallest absolute Gasteiger partial charge is 0.126 e. The van der Waals surface area contributed by atoms with Gasteiger partial charge in [-0.05, 0) is 35.6 Å². The molecule has 0 radical (unpaired) electrons. The minimum absolute atomic E-state index is 0.102. The van der Waals surface area contributed by atoms with E-state index in [4.69, 9.17) is 0 Å². The van der Waals surface area contributed by atoms with Crippen LogP contribution in [0.1, 0.15) is 11.1 Å². The van der Waals surface area contributed by atoms with Crippen molar-refractivity contribution >= 4 is 0 Å². The van der Waals surface area contributed by atoms with Crippen molar-refractivity contribution in [3.05, 3.63) is 71.3 Å². The fourth-order valence-corrected chi connectivity index (χ4v) is 3.32. The van der Waals surface area contributed by atoms with Crippen LogP contribution >= 0.6 is 0 Å². The van der Waals surface area contributed by atoms with Gasteiger partial charge in [-0.2, -0.15) is 5.26 Å². The Morgan fingerprint density at radius 2 is 1.70 bits per heavy atom. The molecule has 0 bridgehead atoms. The molecule has 2 aromatic carbocycles. The van der Waals surface area contributed by atoms with Gasteiger partial charge >= 0.3 is 0 Å². The van der Waals surface area contributed by atoms with Gasteiger partial charge in [0, 0.05) is 25.7 Å². The van der Waals surface area contributed by atoms with Crippen molar-refractivity contribution in [2.75, 3.05) is 13.1 Å². The number of likely N-dealkylation sites (tertiary alicyclic amines) is 1. The Morgan fingerprint density at radius 3 is 2.35 bits per heavy atom. The molecule has 2 unspecified atom stereocenters. The Labute approximate surface area is 135 Å². The first kappa shape index (κ1) is 15.6. The Morgan fingerprint density at radius 1 is 1.00 bits per heavy atom. The number of halogens is 2. The molecular weight excluding hydrogens is 294 g/mol. The van der Waals surface area contributed by atoms with Crippen molar-refractivity contribution in [2.24, 2.45) is 11.8 Å². The molecule has 0 N–H and O–H groups in total. The minimum atomic E-state index is -0.562. The number of nitriles is 1. The molecular formula is C19H18F2N2. The first-order valence-corrected chi connectivity index (χ1v) is 7.75. The molecule has 0 aliphatic carbocycles. The monoisotopic (exact) mass is 312 g/mol. The summed E-state index contributed by atoms with van der Waals surface area (Å²) in [5.74, 6) is -1.13. The zero-order valence-corrected chi connectivity index (χ0v) is 12.8. The summed E-state index contributed by atoms with van der Waals surface area (Å²) in [5, 5.41) is 9.38. The average Bonchev–Trinajstić information content (AvgIpc) is 2.88. The molecule has 1 aliphatic rings. The van der Waals surface area contributed by atoms with Gasteiger partial charge in [0.05, 0.1) is 12.0 Å². The van der Waals surface area contributed by atoms with Crippen LogP contribution in [-0.2, 0) is 13.0 Å². The number of rotatable bonds is 4. The average molecular weight is 312 g/mol. The summed E-state index contributed by atoms with van der Waals surface area (Å²) in [6.45, 7) is 2.27. The topological polar surface area (TPSA) is 27.0 Å². The van der Waals surface area contributed by atoms with Crippen LogP contribution < -0.4 is 0 Å². The summed E-state index contributed by atoms with van der Waals surface area (Å²) in [6.07, 6.45) is 0.526. The van der Waals surface area contributed by atoms with Crippen LogP contribution in [0.5, 0.6) is 0 Å². The van der Waals surface area contributed by atoms with Crippen LogP contribution in [0.25, 0.3) is 0 Å². The van der Waals surface area contributed by atoms with E-state index in [1.807, 2.05) is 18.2 Å². The highest BCUT2D eigenvalue weighted by molar-refractivity contribution is 5.20. The number of hydrogen-bond donors (Lipinski definition) is 0. The molecule has 23 heavy (non-hydrogen) atoms. The largest absolute Gasteiger partial charge is 0.297 e. The summed E-state index contributed by atoms with van der Waals surface area (Å²) in [4.78, 5) is 2.24. The fraction of sp³-hybridized carbons (Fsp3) is 0.316. The minimum Gasteiger partial charge on any atom is -0.297 e. The van der Waals surface area contributed by atoms with E-state index in [0.717, 1.165) is 19.2 Å². The molecule has 1 fully saturated rings. The molecule has 2 aromatic rings. The van der Waals surface area contributed by atoms with Gasteiger partial charge in [-0.15, -0.1) is 0 Å². The van der Waals surface area contributed by atoms with E-state index in [-0.39, 0.29) is 11.8 Å². The van der Waals surface area contributed by atoms with Gasteiger partial charge in [0.25, 0.3) is 0 Å². The Bertz CT molecular complexity index is 689. The molecule has 2 atom stereocenters. The third kappa shape index (κ3) is 3.94. The van der Waals surface area contributed by atoms with E-state index in [1.54, 1.807) is 0 Å². The van der Waals surface area contributed by atoms with Gasteiger partial charge in [-0.1, -0.05) is 30.3 Å². The highest BCUT2D eigenvalue weighted by Crippen LogP contribution is 2.28. The molecule has 1 saturated heterocycles. The predicted molar refractivity (Wildman–Crippen MR) is 84.4 cm³/mol. The lowest BCUT2D eigenvalue weighted by Gasteiger charge is -2.16. The summed E-state index contributed by atoms with van der Waals surface area (Å²) in [6, 6.07) is 16.1. The predicted octanol–water partition coefficient (Wildman–Crippen LogP) is 3.78. The number of benzene rings is 2. The van der Waals surface area contributed by atoms with Crippen molar-refractivity contribution < 1.29 is 8.78 Å². The van der Waals surface area contributed by atoms with Gasteiger partial charge < -0.3 is 0 Å². The summed E-state index contributed by atoms with van der Waals surface area (Å²) in [7, 11) is 0. The highest BCUT2D eigenvalue weighted by atomic mass is 19.1. The second-order valence-corrected chi connectivity index (χ2v) is 6.16. The van der Waals surface area contributed by atoms with Crippen molar-refractivity contribution in [2.45, 2.75) is 13.0 Å². The molecule has 0 saturated carbocycles. The lowest BCUT2D eigenvalue weighted by Crippen LogP contribution is -2.20. The molecule has 1 aliphatic heterocycles. The van der Waals surface area contributed by atoms with Crippen LogP contribution in [0.2, 0.25) is 0 Å². The van der Waals surface area contributed by atoms with E-state index >= 15 is 0 Å². The molecule has 3 rings (SSSR count). The Balaban J connectivity index is 1.68. The summed E-state index contributed by atoms with van der Waals surface area (Å²) >= 11 is 0. The normalized spacial score (nSPS) is 21.3. The molecule has 0 amide bonds. The molecule has 1 heterocycles. The maximum Gasteiger partial charge on any atom is 0.126 e. The summed E-state index contributed by atoms with van der Waals surface area (Å²) < 4.78 is 26.7. The zero-order valence-electron chi connectivity index (χ0n) is 12.8. The fourth-order valence-electron chi connectivity index (χ4n) is 3.32. The van der Waals surface area contributed by atoms with Gasteiger partial charge in [-0.25, -0.2) is 8.78 Å². The van der Waals surface area contributed by atoms with Gasteiger partial charge in [0.15, 0.2) is 0 Å². The lowest BCUT2D eigenvalue weighted by atomic mass is 9.91. The quantitative estimate of drug-likeness (QED) is 0.859. The number of nitrogens with zero attached hydrogens (tertiary/aromatic N) is 2. The first-order chi connectivity index (χ1) is 11.1. The van der Waals surface area contributed by atoms with Crippen molar-refractivity contribution in [1.82, 2.24) is 4.90 Å². The van der Waals surface area contributed by atoms with E-state index in [0.29, 0.717) is 18.5 Å². The van der Waals surface area contributed by atoms with E-state index < -0.39 is 11.6 Å². The maximum absolute atomic E-state index is 13.3. The first-order valence-electron chi connectivity index (χ1n) is 7.75. The second kappa shape index (κ2) is 6.89. The number of hydrogen-bond acceptors (Lipinski definition) is 2. The van der Waals surface area contributed by atoms with Gasteiger partial charge in [0.2, 0.25) is 0 Å². The molecule has 2 nitrogen and oxygen atoms in total. The standard InChI is InChI=1S/C19H18F2N2/c20-18-7-15(8-19(21)9-18)6-16-12-23(13-17(16)10-22)11-14-4-2-1-3-5-14/h1-5,7-9,16-17H,6,11-13H2. The lowest BCUT2D eigenvalue weighted by molar-refractivity contribution is 0.315. The van der Waals surface area contributed by atoms with E-state index in [1.165, 1.54) is 17.7 Å². The molecule has 0 spiro atoms. The van der Waals surface area contributed by atoms with Crippen molar-refractivity contribution in [3.8, 4) is 6.07 Å². The highest BCUT2D eigenvalue weighted by Gasteiger charge is 2.32.